The van der Waals surface area contributed by atoms with E-state index in [-0.39, 0.29) is 0 Å². The highest BCUT2D eigenvalue weighted by Crippen LogP contribution is 2.07. The van der Waals surface area contributed by atoms with Gasteiger partial charge in [-0.3, -0.25) is 4.98 Å². The number of hydrogen-bond acceptors (Lipinski definition) is 3. The van der Waals surface area contributed by atoms with E-state index in [4.69, 9.17) is 5.73 Å². The third kappa shape index (κ3) is 1.65. The van der Waals surface area contributed by atoms with Crippen LogP contribution in [0.1, 0.15) is 11.3 Å². The summed E-state index contributed by atoms with van der Waals surface area (Å²) in [7, 11) is 0. The summed E-state index contributed by atoms with van der Waals surface area (Å²) in [4.78, 5) is 4.10. The molecule has 4 nitrogen and oxygen atoms in total. The van der Waals surface area contributed by atoms with Gasteiger partial charge in [-0.15, -0.1) is 0 Å². The highest BCUT2D eigenvalue weighted by molar-refractivity contribution is 5.31. The Morgan fingerprint density at radius 2 is 2.29 bits per heavy atom. The Labute approximate surface area is 82.4 Å². The van der Waals surface area contributed by atoms with E-state index in [2.05, 4.69) is 10.1 Å². The minimum absolute atomic E-state index is 0.501. The zero-order valence-electron chi connectivity index (χ0n) is 8.01. The number of pyridine rings is 1. The lowest BCUT2D eigenvalue weighted by Crippen LogP contribution is -2.01. The Balaban J connectivity index is 2.41. The molecule has 2 rings (SSSR count). The lowest BCUT2D eigenvalue weighted by Gasteiger charge is -2.02. The molecule has 0 bridgehead atoms. The van der Waals surface area contributed by atoms with Gasteiger partial charge in [0.1, 0.15) is 0 Å². The predicted molar refractivity (Wildman–Crippen MR) is 54.0 cm³/mol. The smallest absolute Gasteiger partial charge is 0.0832 e. The van der Waals surface area contributed by atoms with Crippen molar-refractivity contribution < 1.29 is 0 Å². The molecule has 0 aliphatic carbocycles. The number of aromatic nitrogens is 3. The predicted octanol–water partition coefficient (Wildman–Crippen LogP) is 1.03. The fourth-order valence-corrected chi connectivity index (χ4v) is 1.27. The van der Waals surface area contributed by atoms with Crippen molar-refractivity contribution in [2.75, 3.05) is 0 Å². The molecule has 14 heavy (non-hydrogen) atoms. The third-order valence-corrected chi connectivity index (χ3v) is 2.00. The van der Waals surface area contributed by atoms with Crippen LogP contribution < -0.4 is 5.73 Å². The van der Waals surface area contributed by atoms with Crippen LogP contribution in [0.2, 0.25) is 0 Å². The maximum atomic E-state index is 5.53. The summed E-state index contributed by atoms with van der Waals surface area (Å²) in [5.74, 6) is 0. The van der Waals surface area contributed by atoms with Gasteiger partial charge in [0.05, 0.1) is 17.6 Å². The SMILES string of the molecule is Cc1ccn(-c2cncc(CN)c2)n1. The number of rotatable bonds is 2. The quantitative estimate of drug-likeness (QED) is 0.766. The van der Waals surface area contributed by atoms with Crippen LogP contribution >= 0.6 is 0 Å². The monoisotopic (exact) mass is 188 g/mol. The summed E-state index contributed by atoms with van der Waals surface area (Å²) in [5, 5.41) is 4.29. The van der Waals surface area contributed by atoms with Gasteiger partial charge in [0, 0.05) is 18.9 Å². The molecule has 72 valence electrons. The van der Waals surface area contributed by atoms with Crippen molar-refractivity contribution in [2.45, 2.75) is 13.5 Å². The molecule has 2 aromatic rings. The molecular formula is C10H12N4. The molecule has 2 aromatic heterocycles. The normalized spacial score (nSPS) is 10.4. The molecule has 0 aromatic carbocycles. The molecule has 0 spiro atoms. The second kappa shape index (κ2) is 3.59. The Morgan fingerprint density at radius 1 is 1.43 bits per heavy atom. The summed E-state index contributed by atoms with van der Waals surface area (Å²) in [6.45, 7) is 2.46. The van der Waals surface area contributed by atoms with Gasteiger partial charge in [0.2, 0.25) is 0 Å². The second-order valence-corrected chi connectivity index (χ2v) is 3.16. The van der Waals surface area contributed by atoms with Crippen LogP contribution in [0.15, 0.2) is 30.7 Å². The molecule has 0 fully saturated rings. The van der Waals surface area contributed by atoms with Crippen molar-refractivity contribution in [3.63, 3.8) is 0 Å². The van der Waals surface area contributed by atoms with Gasteiger partial charge in [-0.1, -0.05) is 0 Å². The zero-order chi connectivity index (χ0) is 9.97. The average Bonchev–Trinajstić information content (AvgIpc) is 2.65. The standard InChI is InChI=1S/C10H12N4/c1-8-2-3-14(13-8)10-4-9(5-11)6-12-7-10/h2-4,6-7H,5,11H2,1H3. The lowest BCUT2D eigenvalue weighted by atomic mass is 10.3. The van der Waals surface area contributed by atoms with E-state index in [1.807, 2.05) is 25.3 Å². The molecule has 4 heteroatoms. The minimum atomic E-state index is 0.501. The van der Waals surface area contributed by atoms with Gasteiger partial charge >= 0.3 is 0 Å². The summed E-state index contributed by atoms with van der Waals surface area (Å²) in [5.41, 5.74) is 8.48. The van der Waals surface area contributed by atoms with Crippen molar-refractivity contribution >= 4 is 0 Å². The van der Waals surface area contributed by atoms with Crippen LogP contribution in [0.25, 0.3) is 5.69 Å². The molecule has 0 unspecified atom stereocenters. The van der Waals surface area contributed by atoms with Gasteiger partial charge in [0.25, 0.3) is 0 Å². The van der Waals surface area contributed by atoms with Crippen molar-refractivity contribution in [2.24, 2.45) is 5.73 Å². The van der Waals surface area contributed by atoms with Crippen LogP contribution in [0.3, 0.4) is 0 Å². The Bertz CT molecular complexity index is 433. The van der Waals surface area contributed by atoms with Crippen LogP contribution in [-0.2, 0) is 6.54 Å². The van der Waals surface area contributed by atoms with Crippen molar-refractivity contribution in [1.29, 1.82) is 0 Å². The molecule has 2 heterocycles. The van der Waals surface area contributed by atoms with Crippen molar-refractivity contribution in [3.05, 3.63) is 42.0 Å². The molecule has 0 aliphatic rings. The van der Waals surface area contributed by atoms with Gasteiger partial charge in [-0.05, 0) is 24.6 Å². The van der Waals surface area contributed by atoms with E-state index < -0.39 is 0 Å². The Kier molecular flexibility index (Phi) is 2.28. The molecule has 0 saturated carbocycles. The number of nitrogens with two attached hydrogens (primary N) is 1. The molecule has 0 atom stereocenters. The van der Waals surface area contributed by atoms with Crippen molar-refractivity contribution in [3.8, 4) is 5.69 Å². The maximum absolute atomic E-state index is 5.53. The first-order valence-electron chi connectivity index (χ1n) is 4.46. The second-order valence-electron chi connectivity index (χ2n) is 3.16. The van der Waals surface area contributed by atoms with E-state index in [0.29, 0.717) is 6.54 Å². The van der Waals surface area contributed by atoms with Crippen LogP contribution in [0, 0.1) is 6.92 Å². The first-order valence-corrected chi connectivity index (χ1v) is 4.46. The molecule has 2 N–H and O–H groups in total. The molecule has 0 aliphatic heterocycles. The topological polar surface area (TPSA) is 56.7 Å². The number of hydrogen-bond donors (Lipinski definition) is 1. The van der Waals surface area contributed by atoms with E-state index in [1.54, 1.807) is 17.1 Å². The van der Waals surface area contributed by atoms with Crippen LogP contribution in [0.5, 0.6) is 0 Å². The van der Waals surface area contributed by atoms with Crippen molar-refractivity contribution in [1.82, 2.24) is 14.8 Å². The lowest BCUT2D eigenvalue weighted by molar-refractivity contribution is 0.851. The van der Waals surface area contributed by atoms with Crippen LogP contribution in [0.4, 0.5) is 0 Å². The maximum Gasteiger partial charge on any atom is 0.0832 e. The van der Waals surface area contributed by atoms with Gasteiger partial charge in [-0.2, -0.15) is 5.10 Å². The fourth-order valence-electron chi connectivity index (χ4n) is 1.27. The van der Waals surface area contributed by atoms with E-state index in [9.17, 15) is 0 Å². The summed E-state index contributed by atoms with van der Waals surface area (Å²) in [6.07, 6.45) is 5.44. The van der Waals surface area contributed by atoms with E-state index >= 15 is 0 Å². The van der Waals surface area contributed by atoms with Gasteiger partial charge in [-0.25, -0.2) is 4.68 Å². The minimum Gasteiger partial charge on any atom is -0.326 e. The summed E-state index contributed by atoms with van der Waals surface area (Å²) < 4.78 is 1.79. The van der Waals surface area contributed by atoms with Gasteiger partial charge in [0.15, 0.2) is 0 Å². The number of nitrogens with zero attached hydrogens (tertiary/aromatic N) is 3. The zero-order valence-corrected chi connectivity index (χ0v) is 8.01. The molecule has 0 saturated heterocycles. The number of aryl methyl sites for hydroxylation is 1. The fraction of sp³-hybridized carbons (Fsp3) is 0.200. The summed E-state index contributed by atoms with van der Waals surface area (Å²) in [6, 6.07) is 3.94. The average molecular weight is 188 g/mol. The Morgan fingerprint density at radius 3 is 2.93 bits per heavy atom. The molecule has 0 radical (unpaired) electrons. The Hall–Kier alpha value is -1.68. The van der Waals surface area contributed by atoms with E-state index in [0.717, 1.165) is 16.9 Å². The summed E-state index contributed by atoms with van der Waals surface area (Å²) >= 11 is 0. The first kappa shape index (κ1) is 8.90. The first-order chi connectivity index (χ1) is 6.79. The van der Waals surface area contributed by atoms with Crippen LogP contribution in [-0.4, -0.2) is 14.8 Å². The molecular weight excluding hydrogens is 176 g/mol. The van der Waals surface area contributed by atoms with Gasteiger partial charge < -0.3 is 5.73 Å². The third-order valence-electron chi connectivity index (χ3n) is 2.00. The van der Waals surface area contributed by atoms with E-state index in [1.165, 1.54) is 0 Å². The largest absolute Gasteiger partial charge is 0.326 e. The highest BCUT2D eigenvalue weighted by Gasteiger charge is 1.99. The molecule has 0 amide bonds. The highest BCUT2D eigenvalue weighted by atomic mass is 15.3.